The van der Waals surface area contributed by atoms with Gasteiger partial charge >= 0.3 is 0 Å². The molecule has 0 saturated carbocycles. The second kappa shape index (κ2) is 6.18. The molecule has 110 valence electrons. The molecule has 1 amide bonds. The van der Waals surface area contributed by atoms with Crippen molar-refractivity contribution in [1.29, 1.82) is 0 Å². The van der Waals surface area contributed by atoms with Gasteiger partial charge in [0.25, 0.3) is 5.91 Å². The average Bonchev–Trinajstić information content (AvgIpc) is 2.55. The average molecular weight is 293 g/mol. The summed E-state index contributed by atoms with van der Waals surface area (Å²) in [5.74, 6) is 0.336. The van der Waals surface area contributed by atoms with E-state index in [-0.39, 0.29) is 18.3 Å². The SMILES string of the molecule is O=C(COc1ccc2ccccc2c1)Nc1ccccc1O. The summed E-state index contributed by atoms with van der Waals surface area (Å²) < 4.78 is 5.49. The number of carbonyl (C=O) groups is 1. The van der Waals surface area contributed by atoms with Crippen LogP contribution in [0.3, 0.4) is 0 Å². The summed E-state index contributed by atoms with van der Waals surface area (Å²) in [7, 11) is 0. The number of nitrogens with one attached hydrogen (secondary N) is 1. The number of phenolic OH excluding ortho intramolecular Hbond substituents is 1. The maximum absolute atomic E-state index is 11.9. The van der Waals surface area contributed by atoms with Crippen molar-refractivity contribution in [3.63, 3.8) is 0 Å². The lowest BCUT2D eigenvalue weighted by Crippen LogP contribution is -2.20. The van der Waals surface area contributed by atoms with Crippen LogP contribution >= 0.6 is 0 Å². The van der Waals surface area contributed by atoms with Crippen LogP contribution in [0, 0.1) is 0 Å². The van der Waals surface area contributed by atoms with Gasteiger partial charge in [0.05, 0.1) is 5.69 Å². The van der Waals surface area contributed by atoms with Gasteiger partial charge in [0.1, 0.15) is 11.5 Å². The van der Waals surface area contributed by atoms with Crippen LogP contribution in [-0.4, -0.2) is 17.6 Å². The highest BCUT2D eigenvalue weighted by Gasteiger charge is 2.07. The Morgan fingerprint density at radius 3 is 2.50 bits per heavy atom. The predicted molar refractivity (Wildman–Crippen MR) is 86.2 cm³/mol. The second-order valence-electron chi connectivity index (χ2n) is 4.86. The van der Waals surface area contributed by atoms with Gasteiger partial charge in [-0.05, 0) is 35.0 Å². The molecule has 3 aromatic carbocycles. The summed E-state index contributed by atoms with van der Waals surface area (Å²) in [6, 6.07) is 20.2. The highest BCUT2D eigenvalue weighted by molar-refractivity contribution is 5.93. The molecule has 3 aromatic rings. The number of hydrogen-bond donors (Lipinski definition) is 2. The molecule has 0 aromatic heterocycles. The molecule has 3 rings (SSSR count). The highest BCUT2D eigenvalue weighted by atomic mass is 16.5. The maximum Gasteiger partial charge on any atom is 0.262 e. The maximum atomic E-state index is 11.9. The van der Waals surface area contributed by atoms with Gasteiger partial charge in [0.15, 0.2) is 6.61 Å². The standard InChI is InChI=1S/C18H15NO3/c20-17-8-4-3-7-16(17)19-18(21)12-22-15-10-9-13-5-1-2-6-14(13)11-15/h1-11,20H,12H2,(H,19,21). The topological polar surface area (TPSA) is 58.6 Å². The van der Waals surface area contributed by atoms with Crippen LogP contribution in [0.1, 0.15) is 0 Å². The van der Waals surface area contributed by atoms with Gasteiger partial charge in [0.2, 0.25) is 0 Å². The van der Waals surface area contributed by atoms with Crippen molar-refractivity contribution in [2.45, 2.75) is 0 Å². The number of amides is 1. The van der Waals surface area contributed by atoms with Crippen LogP contribution < -0.4 is 10.1 Å². The van der Waals surface area contributed by atoms with Crippen molar-refractivity contribution in [2.75, 3.05) is 11.9 Å². The Hall–Kier alpha value is -3.01. The van der Waals surface area contributed by atoms with E-state index in [1.165, 1.54) is 6.07 Å². The highest BCUT2D eigenvalue weighted by Crippen LogP contribution is 2.22. The molecule has 22 heavy (non-hydrogen) atoms. The molecule has 0 fully saturated rings. The first-order valence-corrected chi connectivity index (χ1v) is 6.92. The number of benzene rings is 3. The number of ether oxygens (including phenoxy) is 1. The second-order valence-corrected chi connectivity index (χ2v) is 4.86. The number of rotatable bonds is 4. The van der Waals surface area contributed by atoms with Crippen molar-refractivity contribution < 1.29 is 14.6 Å². The monoisotopic (exact) mass is 293 g/mol. The summed E-state index contributed by atoms with van der Waals surface area (Å²) in [6.45, 7) is -0.118. The zero-order valence-electron chi connectivity index (χ0n) is 11.8. The number of para-hydroxylation sites is 2. The molecule has 0 bridgehead atoms. The van der Waals surface area contributed by atoms with Gasteiger partial charge in [-0.1, -0.05) is 42.5 Å². The third-order valence-electron chi connectivity index (χ3n) is 3.27. The Balaban J connectivity index is 1.63. The molecule has 0 spiro atoms. The lowest BCUT2D eigenvalue weighted by Gasteiger charge is -2.09. The molecule has 2 N–H and O–H groups in total. The van der Waals surface area contributed by atoms with Crippen molar-refractivity contribution in [2.24, 2.45) is 0 Å². The molecule has 0 aliphatic carbocycles. The van der Waals surface area contributed by atoms with Crippen LogP contribution in [0.2, 0.25) is 0 Å². The van der Waals surface area contributed by atoms with E-state index in [2.05, 4.69) is 5.32 Å². The van der Waals surface area contributed by atoms with Crippen molar-refractivity contribution in [3.05, 3.63) is 66.7 Å². The van der Waals surface area contributed by atoms with E-state index in [1.54, 1.807) is 18.2 Å². The minimum absolute atomic E-state index is 0.0292. The Morgan fingerprint density at radius 1 is 0.955 bits per heavy atom. The summed E-state index contributed by atoms with van der Waals surface area (Å²) in [6.07, 6.45) is 0. The van der Waals surface area contributed by atoms with Crippen LogP contribution in [0.15, 0.2) is 66.7 Å². The van der Waals surface area contributed by atoms with Crippen LogP contribution in [-0.2, 0) is 4.79 Å². The number of anilines is 1. The van der Waals surface area contributed by atoms with E-state index in [1.807, 2.05) is 42.5 Å². The molecule has 0 atom stereocenters. The summed E-state index contributed by atoms with van der Waals surface area (Å²) in [4.78, 5) is 11.9. The molecule has 0 heterocycles. The summed E-state index contributed by atoms with van der Waals surface area (Å²) in [5.41, 5.74) is 0.370. The fourth-order valence-corrected chi connectivity index (χ4v) is 2.17. The van der Waals surface area contributed by atoms with E-state index in [9.17, 15) is 9.90 Å². The Morgan fingerprint density at radius 2 is 1.68 bits per heavy atom. The Bertz CT molecular complexity index is 814. The number of fused-ring (bicyclic) bond motifs is 1. The van der Waals surface area contributed by atoms with Gasteiger partial charge in [-0.15, -0.1) is 0 Å². The molecule has 4 heteroatoms. The molecule has 0 aliphatic rings. The van der Waals surface area contributed by atoms with Gasteiger partial charge in [-0.25, -0.2) is 0 Å². The zero-order valence-corrected chi connectivity index (χ0v) is 11.8. The van der Waals surface area contributed by atoms with Crippen molar-refractivity contribution >= 4 is 22.4 Å². The third kappa shape index (κ3) is 3.17. The number of hydrogen-bond acceptors (Lipinski definition) is 3. The first-order chi connectivity index (χ1) is 10.7. The molecular weight excluding hydrogens is 278 g/mol. The minimum atomic E-state index is -0.324. The number of carbonyl (C=O) groups excluding carboxylic acids is 1. The van der Waals surface area contributed by atoms with Crippen molar-refractivity contribution in [3.8, 4) is 11.5 Å². The fourth-order valence-electron chi connectivity index (χ4n) is 2.17. The van der Waals surface area contributed by atoms with Crippen LogP contribution in [0.5, 0.6) is 11.5 Å². The Kier molecular flexibility index (Phi) is 3.92. The normalized spacial score (nSPS) is 10.4. The van der Waals surface area contributed by atoms with E-state index in [0.29, 0.717) is 11.4 Å². The smallest absolute Gasteiger partial charge is 0.262 e. The van der Waals surface area contributed by atoms with Gasteiger partial charge < -0.3 is 15.2 Å². The fraction of sp³-hybridized carbons (Fsp3) is 0.0556. The molecule has 4 nitrogen and oxygen atoms in total. The number of phenols is 1. The lowest BCUT2D eigenvalue weighted by molar-refractivity contribution is -0.118. The Labute approximate surface area is 128 Å². The van der Waals surface area contributed by atoms with Crippen molar-refractivity contribution in [1.82, 2.24) is 0 Å². The molecule has 0 unspecified atom stereocenters. The quantitative estimate of drug-likeness (QED) is 0.723. The molecule has 0 aliphatic heterocycles. The van der Waals surface area contributed by atoms with E-state index < -0.39 is 0 Å². The van der Waals surface area contributed by atoms with Crippen LogP contribution in [0.4, 0.5) is 5.69 Å². The van der Waals surface area contributed by atoms with E-state index in [0.717, 1.165) is 10.8 Å². The zero-order chi connectivity index (χ0) is 15.4. The summed E-state index contributed by atoms with van der Waals surface area (Å²) in [5, 5.41) is 14.4. The first-order valence-electron chi connectivity index (χ1n) is 6.92. The van der Waals surface area contributed by atoms with Crippen LogP contribution in [0.25, 0.3) is 10.8 Å². The van der Waals surface area contributed by atoms with Gasteiger partial charge in [-0.3, -0.25) is 4.79 Å². The van der Waals surface area contributed by atoms with E-state index in [4.69, 9.17) is 4.74 Å². The van der Waals surface area contributed by atoms with Gasteiger partial charge in [0, 0.05) is 0 Å². The number of aromatic hydroxyl groups is 1. The van der Waals surface area contributed by atoms with E-state index >= 15 is 0 Å². The molecule has 0 radical (unpaired) electrons. The van der Waals surface area contributed by atoms with Gasteiger partial charge in [-0.2, -0.15) is 0 Å². The minimum Gasteiger partial charge on any atom is -0.506 e. The largest absolute Gasteiger partial charge is 0.506 e. The predicted octanol–water partition coefficient (Wildman–Crippen LogP) is 3.56. The third-order valence-corrected chi connectivity index (χ3v) is 3.27. The molecular formula is C18H15NO3. The molecule has 0 saturated heterocycles. The summed E-state index contributed by atoms with van der Waals surface area (Å²) >= 11 is 0. The first kappa shape index (κ1) is 13.9. The lowest BCUT2D eigenvalue weighted by atomic mass is 10.1.